The lowest BCUT2D eigenvalue weighted by Gasteiger charge is -2.11. The van der Waals surface area contributed by atoms with Crippen LogP contribution >= 0.6 is 12.2 Å². The molecule has 9 heteroatoms. The van der Waals surface area contributed by atoms with Gasteiger partial charge in [-0.1, -0.05) is 19.8 Å². The van der Waals surface area contributed by atoms with Crippen LogP contribution in [0.3, 0.4) is 0 Å². The number of hydrogen-bond donors (Lipinski definition) is 2. The Hall–Kier alpha value is -3.07. The van der Waals surface area contributed by atoms with Crippen molar-refractivity contribution in [1.82, 2.24) is 19.9 Å². The van der Waals surface area contributed by atoms with Crippen LogP contribution in [0.4, 0.5) is 10.1 Å². The number of halogens is 1. The summed E-state index contributed by atoms with van der Waals surface area (Å²) in [4.78, 5) is 16.4. The van der Waals surface area contributed by atoms with Crippen LogP contribution in [-0.2, 0) is 0 Å². The first-order valence-electron chi connectivity index (χ1n) is 8.91. The molecule has 0 saturated carbocycles. The van der Waals surface area contributed by atoms with Crippen LogP contribution in [0.25, 0.3) is 5.65 Å². The Kier molecular flexibility index (Phi) is 6.49. The Bertz CT molecular complexity index is 991. The molecule has 0 aliphatic rings. The molecule has 0 spiro atoms. The van der Waals surface area contributed by atoms with Crippen molar-refractivity contribution >= 4 is 34.6 Å². The lowest BCUT2D eigenvalue weighted by Crippen LogP contribution is -2.34. The molecule has 2 aromatic heterocycles. The molecule has 1 amide bonds. The summed E-state index contributed by atoms with van der Waals surface area (Å²) in [6, 6.07) is 6.15. The van der Waals surface area contributed by atoms with Crippen molar-refractivity contribution in [1.29, 1.82) is 0 Å². The van der Waals surface area contributed by atoms with Crippen molar-refractivity contribution < 1.29 is 13.9 Å². The molecule has 2 N–H and O–H groups in total. The fourth-order valence-corrected chi connectivity index (χ4v) is 2.71. The fraction of sp³-hybridized carbons (Fsp3) is 0.263. The molecule has 1 aromatic carbocycles. The van der Waals surface area contributed by atoms with Gasteiger partial charge in [0, 0.05) is 30.2 Å². The second kappa shape index (κ2) is 9.23. The second-order valence-electron chi connectivity index (χ2n) is 6.09. The summed E-state index contributed by atoms with van der Waals surface area (Å²) in [5.41, 5.74) is 1.33. The number of ether oxygens (including phenoxy) is 1. The molecule has 0 bridgehead atoms. The van der Waals surface area contributed by atoms with Crippen molar-refractivity contribution in [2.75, 3.05) is 11.9 Å². The molecule has 0 aliphatic heterocycles. The maximum atomic E-state index is 14.1. The Balaban J connectivity index is 1.56. The number of carbonyl (C=O) groups excluding carboxylic acids is 1. The van der Waals surface area contributed by atoms with Gasteiger partial charge in [-0.25, -0.2) is 13.9 Å². The van der Waals surface area contributed by atoms with E-state index < -0.39 is 11.7 Å². The van der Waals surface area contributed by atoms with E-state index in [1.54, 1.807) is 24.5 Å². The molecule has 0 fully saturated rings. The van der Waals surface area contributed by atoms with Gasteiger partial charge in [0.2, 0.25) is 0 Å². The number of carbonyl (C=O) groups is 1. The average molecular weight is 401 g/mol. The molecule has 28 heavy (non-hydrogen) atoms. The molecule has 146 valence electrons. The van der Waals surface area contributed by atoms with E-state index in [-0.39, 0.29) is 10.9 Å². The molecule has 0 saturated heterocycles. The number of nitrogens with zero attached hydrogens (tertiary/aromatic N) is 3. The zero-order chi connectivity index (χ0) is 19.9. The van der Waals surface area contributed by atoms with Crippen LogP contribution < -0.4 is 15.4 Å². The van der Waals surface area contributed by atoms with Gasteiger partial charge in [0.05, 0.1) is 18.4 Å². The Morgan fingerprint density at radius 3 is 2.96 bits per heavy atom. The summed E-state index contributed by atoms with van der Waals surface area (Å²) in [7, 11) is 0. The second-order valence-corrected chi connectivity index (χ2v) is 6.49. The fourth-order valence-electron chi connectivity index (χ4n) is 2.49. The predicted octanol–water partition coefficient (Wildman–Crippen LogP) is 3.56. The first kappa shape index (κ1) is 19.7. The van der Waals surface area contributed by atoms with Crippen LogP contribution in [-0.4, -0.2) is 32.2 Å². The van der Waals surface area contributed by atoms with Gasteiger partial charge in [-0.05, 0) is 30.8 Å². The number of fused-ring (bicyclic) bond motifs is 1. The van der Waals surface area contributed by atoms with Crippen molar-refractivity contribution in [3.8, 4) is 5.75 Å². The molecule has 0 atom stereocenters. The summed E-state index contributed by atoms with van der Waals surface area (Å²) in [6.07, 6.45) is 7.55. The largest absolute Gasteiger partial charge is 0.491 e. The van der Waals surface area contributed by atoms with Crippen molar-refractivity contribution in [2.45, 2.75) is 26.2 Å². The lowest BCUT2D eigenvalue weighted by molar-refractivity contribution is 0.0977. The number of nitrogens with one attached hydrogen (secondary N) is 2. The third kappa shape index (κ3) is 5.01. The van der Waals surface area contributed by atoms with Crippen LogP contribution in [0.5, 0.6) is 5.75 Å². The Morgan fingerprint density at radius 1 is 1.32 bits per heavy atom. The van der Waals surface area contributed by atoms with Crippen LogP contribution in [0.1, 0.15) is 36.5 Å². The number of unbranched alkanes of at least 4 members (excludes halogenated alkanes) is 2. The van der Waals surface area contributed by atoms with E-state index in [1.165, 1.54) is 22.8 Å². The van der Waals surface area contributed by atoms with E-state index in [2.05, 4.69) is 27.6 Å². The first-order chi connectivity index (χ1) is 13.6. The van der Waals surface area contributed by atoms with E-state index in [0.717, 1.165) is 19.3 Å². The van der Waals surface area contributed by atoms with E-state index in [1.807, 2.05) is 0 Å². The topological polar surface area (TPSA) is 80.5 Å². The molecule has 2 heterocycles. The van der Waals surface area contributed by atoms with Gasteiger partial charge >= 0.3 is 0 Å². The Morgan fingerprint density at radius 2 is 2.18 bits per heavy atom. The average Bonchev–Trinajstić information content (AvgIpc) is 3.14. The van der Waals surface area contributed by atoms with Crippen LogP contribution in [0.2, 0.25) is 0 Å². The number of rotatable bonds is 7. The van der Waals surface area contributed by atoms with Crippen LogP contribution in [0.15, 0.2) is 42.9 Å². The number of amides is 1. The van der Waals surface area contributed by atoms with Gasteiger partial charge in [-0.2, -0.15) is 5.10 Å². The van der Waals surface area contributed by atoms with E-state index >= 15 is 0 Å². The number of benzene rings is 1. The number of hydrogen-bond acceptors (Lipinski definition) is 5. The molecular formula is C19H20FN5O2S. The molecular weight excluding hydrogens is 381 g/mol. The van der Waals surface area contributed by atoms with Gasteiger partial charge in [-0.15, -0.1) is 0 Å². The number of thiocarbonyl (C=S) groups is 1. The number of aromatic nitrogens is 3. The molecule has 0 aliphatic carbocycles. The SMILES string of the molecule is CCCCCOc1ccc(NC(=S)NC(=O)c2cnc3ccnn3c2)cc1F. The monoisotopic (exact) mass is 401 g/mol. The highest BCUT2D eigenvalue weighted by Crippen LogP contribution is 2.21. The van der Waals surface area contributed by atoms with Gasteiger partial charge in [0.15, 0.2) is 22.3 Å². The van der Waals surface area contributed by atoms with Crippen molar-refractivity contribution in [3.05, 3.63) is 54.2 Å². The summed E-state index contributed by atoms with van der Waals surface area (Å²) in [5, 5.41) is 9.38. The summed E-state index contributed by atoms with van der Waals surface area (Å²) >= 11 is 5.13. The highest BCUT2D eigenvalue weighted by atomic mass is 32.1. The smallest absolute Gasteiger partial charge is 0.260 e. The zero-order valence-electron chi connectivity index (χ0n) is 15.3. The third-order valence-electron chi connectivity index (χ3n) is 3.93. The lowest BCUT2D eigenvalue weighted by atomic mass is 10.2. The van der Waals surface area contributed by atoms with E-state index in [0.29, 0.717) is 23.5 Å². The molecule has 0 unspecified atom stereocenters. The number of anilines is 1. The van der Waals surface area contributed by atoms with Crippen LogP contribution in [0, 0.1) is 5.82 Å². The molecule has 3 rings (SSSR count). The minimum atomic E-state index is -0.496. The standard InChI is InChI=1S/C19H20FN5O2S/c1-2-3-4-9-27-16-6-5-14(10-15(16)20)23-19(28)24-18(26)13-11-21-17-7-8-22-25(17)12-13/h5-8,10-12H,2-4,9H2,1H3,(H2,23,24,26,28). The molecule has 0 radical (unpaired) electrons. The normalized spacial score (nSPS) is 10.6. The first-order valence-corrected chi connectivity index (χ1v) is 9.31. The third-order valence-corrected chi connectivity index (χ3v) is 4.14. The quantitative estimate of drug-likeness (QED) is 0.465. The minimum Gasteiger partial charge on any atom is -0.491 e. The van der Waals surface area contributed by atoms with E-state index in [4.69, 9.17) is 17.0 Å². The van der Waals surface area contributed by atoms with Gasteiger partial charge < -0.3 is 10.1 Å². The molecule has 3 aromatic rings. The highest BCUT2D eigenvalue weighted by Gasteiger charge is 2.11. The van der Waals surface area contributed by atoms with Gasteiger partial charge in [-0.3, -0.25) is 10.1 Å². The molecule has 7 nitrogen and oxygen atoms in total. The van der Waals surface area contributed by atoms with Crippen molar-refractivity contribution in [2.24, 2.45) is 0 Å². The van der Waals surface area contributed by atoms with Gasteiger partial charge in [0.1, 0.15) is 0 Å². The maximum absolute atomic E-state index is 14.1. The summed E-state index contributed by atoms with van der Waals surface area (Å²) < 4.78 is 21.1. The zero-order valence-corrected chi connectivity index (χ0v) is 16.1. The summed E-state index contributed by atoms with van der Waals surface area (Å²) in [6.45, 7) is 2.57. The minimum absolute atomic E-state index is 0.0431. The highest BCUT2D eigenvalue weighted by molar-refractivity contribution is 7.80. The Labute approximate surface area is 166 Å². The van der Waals surface area contributed by atoms with Crippen molar-refractivity contribution in [3.63, 3.8) is 0 Å². The summed E-state index contributed by atoms with van der Waals surface area (Å²) in [5.74, 6) is -0.752. The predicted molar refractivity (Wildman–Crippen MR) is 108 cm³/mol. The van der Waals surface area contributed by atoms with E-state index in [9.17, 15) is 9.18 Å². The van der Waals surface area contributed by atoms with Gasteiger partial charge in [0.25, 0.3) is 5.91 Å². The maximum Gasteiger partial charge on any atom is 0.260 e.